The fraction of sp³-hybridized carbons (Fsp3) is 0.741. The molecule has 0 saturated carbocycles. The molecule has 0 aliphatic heterocycles. The molecular formula is C27H48N7O5P. The normalized spacial score (nSPS) is 13.1. The monoisotopic (exact) mass is 581 g/mol. The van der Waals surface area contributed by atoms with Crippen molar-refractivity contribution in [3.63, 3.8) is 0 Å². The zero-order valence-corrected chi connectivity index (χ0v) is 26.1. The summed E-state index contributed by atoms with van der Waals surface area (Å²) in [6, 6.07) is 0. The van der Waals surface area contributed by atoms with Crippen LogP contribution in [0.25, 0.3) is 11.2 Å². The molecule has 4 N–H and O–H groups in total. The smallest absolute Gasteiger partial charge is 0.326 e. The highest BCUT2D eigenvalue weighted by molar-refractivity contribution is 7.53. The first kappa shape index (κ1) is 33.8. The first-order valence-corrected chi connectivity index (χ1v) is 15.6. The van der Waals surface area contributed by atoms with Gasteiger partial charge in [0.15, 0.2) is 11.5 Å². The van der Waals surface area contributed by atoms with Crippen LogP contribution in [0.3, 0.4) is 0 Å². The Morgan fingerprint density at radius 2 is 1.50 bits per heavy atom. The molecule has 0 aliphatic carbocycles. The number of hydrogen-bond acceptors (Lipinski definition) is 11. The Labute approximate surface area is 239 Å². The van der Waals surface area contributed by atoms with Crippen LogP contribution in [0, 0.1) is 0 Å². The molecule has 0 aliphatic rings. The Hall–Kier alpha value is -2.40. The van der Waals surface area contributed by atoms with Gasteiger partial charge in [0.2, 0.25) is 0 Å². The highest BCUT2D eigenvalue weighted by Gasteiger charge is 2.37. The van der Waals surface area contributed by atoms with Crippen molar-refractivity contribution in [2.45, 2.75) is 111 Å². The molecule has 2 heterocycles. The first-order chi connectivity index (χ1) is 18.9. The number of unbranched alkanes of at least 4 members (excludes halogenated alkanes) is 4. The number of anilines is 1. The van der Waals surface area contributed by atoms with Gasteiger partial charge in [0.1, 0.15) is 22.9 Å². The van der Waals surface area contributed by atoms with Gasteiger partial charge in [-0.3, -0.25) is 19.8 Å². The van der Waals surface area contributed by atoms with Gasteiger partial charge >= 0.3 is 11.9 Å². The maximum Gasteiger partial charge on any atom is 0.326 e. The lowest BCUT2D eigenvalue weighted by Gasteiger charge is -2.35. The summed E-state index contributed by atoms with van der Waals surface area (Å²) in [4.78, 5) is 38.4. The van der Waals surface area contributed by atoms with Crippen molar-refractivity contribution in [1.82, 2.24) is 29.7 Å². The molecule has 226 valence electrons. The van der Waals surface area contributed by atoms with Crippen LogP contribution >= 0.6 is 8.22 Å². The topological polar surface area (TPSA) is 156 Å². The Morgan fingerprint density at radius 1 is 0.950 bits per heavy atom. The first-order valence-electron chi connectivity index (χ1n) is 14.1. The van der Waals surface area contributed by atoms with Gasteiger partial charge in [-0.15, -0.1) is 0 Å². The lowest BCUT2D eigenvalue weighted by Crippen LogP contribution is -2.52. The van der Waals surface area contributed by atoms with Crippen molar-refractivity contribution in [3.8, 4) is 0 Å². The molecule has 2 aromatic heterocycles. The maximum absolute atomic E-state index is 12.9. The summed E-state index contributed by atoms with van der Waals surface area (Å²) in [5, 5.41) is 6.73. The summed E-state index contributed by atoms with van der Waals surface area (Å²) in [6.45, 7) is 14.4. The third-order valence-electron chi connectivity index (χ3n) is 6.18. The minimum absolute atomic E-state index is 0.222. The van der Waals surface area contributed by atoms with Crippen LogP contribution in [0.1, 0.15) is 87.0 Å². The second-order valence-electron chi connectivity index (χ2n) is 11.0. The quantitative estimate of drug-likeness (QED) is 0.124. The predicted molar refractivity (Wildman–Crippen MR) is 157 cm³/mol. The van der Waals surface area contributed by atoms with Crippen LogP contribution in [-0.2, 0) is 30.3 Å². The second-order valence-corrected chi connectivity index (χ2v) is 12.6. The summed E-state index contributed by atoms with van der Waals surface area (Å²) in [6.07, 6.45) is 8.78. The van der Waals surface area contributed by atoms with E-state index in [1.54, 1.807) is 34.0 Å². The number of nitrogens with one attached hydrogen (secondary N) is 2. The van der Waals surface area contributed by atoms with Crippen molar-refractivity contribution >= 4 is 37.1 Å². The van der Waals surface area contributed by atoms with E-state index in [1.807, 2.05) is 11.5 Å². The highest BCUT2D eigenvalue weighted by Crippen LogP contribution is 2.34. The minimum Gasteiger partial charge on any atom is -0.464 e. The van der Waals surface area contributed by atoms with Gasteiger partial charge in [0.05, 0.1) is 46.8 Å². The molecule has 40 heavy (non-hydrogen) atoms. The number of nitrogen functional groups attached to an aromatic ring is 1. The number of carbonyl (C=O) groups is 2. The molecule has 1 atom stereocenters. The van der Waals surface area contributed by atoms with Gasteiger partial charge < -0.3 is 24.5 Å². The average molecular weight is 582 g/mol. The number of ether oxygens (including phenoxy) is 3. The van der Waals surface area contributed by atoms with Gasteiger partial charge in [-0.1, -0.05) is 39.5 Å². The molecule has 0 aromatic carbocycles. The average Bonchev–Trinajstić information content (AvgIpc) is 3.31. The standard InChI is InChI=1S/C27H48N7O5P/c1-8-10-12-14-37-24(35)26(4,5)32-40(33-27(6,7)25(36)38-15-13-11-9-2)19-39-20(3)16-34-18-31-21-22(28)29-17-30-23(21)34/h17-18,20,32-33H,8-16,19H2,1-7H3,(H2,28,29,30). The van der Waals surface area contributed by atoms with E-state index in [0.29, 0.717) is 36.7 Å². The van der Waals surface area contributed by atoms with Gasteiger partial charge in [-0.2, -0.15) is 0 Å². The number of carbonyl (C=O) groups excluding carboxylic acids is 2. The predicted octanol–water partition coefficient (Wildman–Crippen LogP) is 4.29. The van der Waals surface area contributed by atoms with Gasteiger partial charge in [0, 0.05) is 0 Å². The number of imidazole rings is 1. The Morgan fingerprint density at radius 3 is 2.02 bits per heavy atom. The van der Waals surface area contributed by atoms with Crippen LogP contribution in [0.2, 0.25) is 0 Å². The maximum atomic E-state index is 12.9. The lowest BCUT2D eigenvalue weighted by atomic mass is 10.1. The molecule has 2 aromatic rings. The number of nitrogens with zero attached hydrogens (tertiary/aromatic N) is 4. The van der Waals surface area contributed by atoms with E-state index in [-0.39, 0.29) is 24.4 Å². The van der Waals surface area contributed by atoms with Crippen LogP contribution < -0.4 is 15.9 Å². The fourth-order valence-corrected chi connectivity index (χ4v) is 5.94. The van der Waals surface area contributed by atoms with E-state index in [9.17, 15) is 9.59 Å². The SMILES string of the molecule is CCCCCOC(=O)C(C)(C)NP(COC(C)Cn1cnc2c(N)ncnc21)NC(C)(C)C(=O)OCCCCC. The van der Waals surface area contributed by atoms with Gasteiger partial charge in [-0.25, -0.2) is 15.0 Å². The van der Waals surface area contributed by atoms with Crippen LogP contribution in [0.15, 0.2) is 12.7 Å². The molecule has 0 spiro atoms. The largest absolute Gasteiger partial charge is 0.464 e. The molecule has 0 saturated heterocycles. The van der Waals surface area contributed by atoms with E-state index >= 15 is 0 Å². The number of esters is 2. The number of nitrogens with two attached hydrogens (primary N) is 1. The van der Waals surface area contributed by atoms with Crippen LogP contribution in [0.4, 0.5) is 5.82 Å². The molecular weight excluding hydrogens is 533 g/mol. The van der Waals surface area contributed by atoms with Crippen molar-refractivity contribution in [2.24, 2.45) is 0 Å². The summed E-state index contributed by atoms with van der Waals surface area (Å²) >= 11 is 0. The Balaban J connectivity index is 2.09. The third-order valence-corrected chi connectivity index (χ3v) is 8.25. The number of hydrogen-bond donors (Lipinski definition) is 3. The van der Waals surface area contributed by atoms with Gasteiger partial charge in [-0.05, 0) is 47.5 Å². The van der Waals surface area contributed by atoms with E-state index < -0.39 is 19.3 Å². The lowest BCUT2D eigenvalue weighted by molar-refractivity contribution is -0.149. The summed E-state index contributed by atoms with van der Waals surface area (Å²) in [7, 11) is -1.37. The Bertz CT molecular complexity index is 1040. The minimum atomic E-state index is -1.37. The van der Waals surface area contributed by atoms with Gasteiger partial charge in [0.25, 0.3) is 0 Å². The number of rotatable bonds is 19. The number of aromatic nitrogens is 4. The summed E-state index contributed by atoms with van der Waals surface area (Å²) in [5.41, 5.74) is 5.06. The van der Waals surface area contributed by atoms with Crippen molar-refractivity contribution in [1.29, 1.82) is 0 Å². The second kappa shape index (κ2) is 16.1. The molecule has 0 radical (unpaired) electrons. The van der Waals surface area contributed by atoms with Crippen LogP contribution in [0.5, 0.6) is 0 Å². The molecule has 0 amide bonds. The molecule has 2 rings (SSSR count). The summed E-state index contributed by atoms with van der Waals surface area (Å²) < 4.78 is 19.1. The molecule has 13 heteroatoms. The van der Waals surface area contributed by atoms with E-state index in [0.717, 1.165) is 38.5 Å². The summed E-state index contributed by atoms with van der Waals surface area (Å²) in [5.74, 6) is -0.386. The van der Waals surface area contributed by atoms with Crippen molar-refractivity contribution in [2.75, 3.05) is 25.3 Å². The van der Waals surface area contributed by atoms with Crippen LogP contribution in [-0.4, -0.2) is 68.2 Å². The van der Waals surface area contributed by atoms with Crippen molar-refractivity contribution in [3.05, 3.63) is 12.7 Å². The third kappa shape index (κ3) is 10.5. The molecule has 1 unspecified atom stereocenters. The zero-order chi connectivity index (χ0) is 29.8. The molecule has 0 fully saturated rings. The molecule has 12 nitrogen and oxygen atoms in total. The van der Waals surface area contributed by atoms with Crippen molar-refractivity contribution < 1.29 is 23.8 Å². The number of fused-ring (bicyclic) bond motifs is 1. The highest BCUT2D eigenvalue weighted by atomic mass is 31.1. The van der Waals surface area contributed by atoms with E-state index in [2.05, 4.69) is 39.0 Å². The Kier molecular flexibility index (Phi) is 13.6. The zero-order valence-electron chi connectivity index (χ0n) is 25.2. The fourth-order valence-electron chi connectivity index (χ4n) is 3.82. The molecule has 0 bridgehead atoms. The van der Waals surface area contributed by atoms with E-state index in [4.69, 9.17) is 19.9 Å². The van der Waals surface area contributed by atoms with E-state index in [1.165, 1.54) is 6.33 Å².